The molecule has 0 unspecified atom stereocenters. The van der Waals surface area contributed by atoms with E-state index in [2.05, 4.69) is 24.2 Å². The van der Waals surface area contributed by atoms with Crippen LogP contribution in [0, 0.1) is 0 Å². The second-order valence-electron chi connectivity index (χ2n) is 3.76. The molecule has 3 heteroatoms. The van der Waals surface area contributed by atoms with Crippen molar-refractivity contribution in [2.24, 2.45) is 4.99 Å². The molecule has 0 saturated heterocycles. The van der Waals surface area contributed by atoms with Gasteiger partial charge in [-0.2, -0.15) is 0 Å². The first-order valence-electron chi connectivity index (χ1n) is 5.78. The molecular weight excluding hydrogens is 176 g/mol. The number of rotatable bonds is 5. The Hall–Kier alpha value is -0.730. The zero-order valence-electron chi connectivity index (χ0n) is 9.55. The average Bonchev–Trinajstić information content (AvgIpc) is 2.50. The quantitative estimate of drug-likeness (QED) is 0.735. The molecule has 0 bridgehead atoms. The van der Waals surface area contributed by atoms with Crippen LogP contribution in [0.4, 0.5) is 0 Å². The summed E-state index contributed by atoms with van der Waals surface area (Å²) in [5.41, 5.74) is 0. The first kappa shape index (κ1) is 11.3. The number of aliphatic imine (C=N–C) groups is 1. The van der Waals surface area contributed by atoms with Crippen molar-refractivity contribution in [3.8, 4) is 0 Å². The van der Waals surface area contributed by atoms with E-state index in [-0.39, 0.29) is 0 Å². The summed E-state index contributed by atoms with van der Waals surface area (Å²) < 4.78 is 5.39. The van der Waals surface area contributed by atoms with Crippen LogP contribution < -0.4 is 5.32 Å². The Kier molecular flexibility index (Phi) is 4.77. The van der Waals surface area contributed by atoms with Gasteiger partial charge in [-0.15, -0.1) is 0 Å². The average molecular weight is 198 g/mol. The maximum atomic E-state index is 5.39. The van der Waals surface area contributed by atoms with Gasteiger partial charge in [0.15, 0.2) is 0 Å². The molecule has 0 amide bonds. The Bertz CT molecular complexity index is 192. The number of hydrogen-bond donors (Lipinski definition) is 1. The Labute approximate surface area is 86.9 Å². The van der Waals surface area contributed by atoms with Crippen molar-refractivity contribution in [1.82, 2.24) is 5.32 Å². The minimum absolute atomic E-state index is 0.432. The van der Waals surface area contributed by atoms with Crippen molar-refractivity contribution < 1.29 is 4.74 Å². The highest BCUT2D eigenvalue weighted by molar-refractivity contribution is 5.76. The van der Waals surface area contributed by atoms with Gasteiger partial charge in [-0.05, 0) is 19.8 Å². The summed E-state index contributed by atoms with van der Waals surface area (Å²) in [5, 5.41) is 3.36. The summed E-state index contributed by atoms with van der Waals surface area (Å²) in [4.78, 5) is 4.55. The highest BCUT2D eigenvalue weighted by Gasteiger charge is 2.27. The van der Waals surface area contributed by atoms with Crippen molar-refractivity contribution >= 4 is 6.02 Å². The van der Waals surface area contributed by atoms with E-state index in [9.17, 15) is 0 Å². The van der Waals surface area contributed by atoms with Crippen LogP contribution in [0.5, 0.6) is 0 Å². The van der Waals surface area contributed by atoms with Crippen molar-refractivity contribution in [3.63, 3.8) is 0 Å². The van der Waals surface area contributed by atoms with Crippen molar-refractivity contribution in [2.75, 3.05) is 6.61 Å². The summed E-state index contributed by atoms with van der Waals surface area (Å²) in [7, 11) is 0. The molecule has 1 N–H and O–H groups in total. The lowest BCUT2D eigenvalue weighted by molar-refractivity contribution is 0.311. The molecule has 0 spiro atoms. The number of hydrogen-bond acceptors (Lipinski definition) is 3. The topological polar surface area (TPSA) is 33.6 Å². The molecule has 0 aromatic heterocycles. The van der Waals surface area contributed by atoms with Crippen LogP contribution in [0.15, 0.2) is 4.99 Å². The number of nitrogens with one attached hydrogen (secondary N) is 1. The summed E-state index contributed by atoms with van der Waals surface area (Å²) in [6.07, 6.45) is 4.74. The molecule has 0 aromatic carbocycles. The Morgan fingerprint density at radius 1 is 1.21 bits per heavy atom. The molecule has 0 fully saturated rings. The molecule has 1 aliphatic rings. The van der Waals surface area contributed by atoms with E-state index in [0.29, 0.717) is 18.7 Å². The zero-order chi connectivity index (χ0) is 10.4. The molecule has 1 rings (SSSR count). The lowest BCUT2D eigenvalue weighted by atomic mass is 10.0. The maximum absolute atomic E-state index is 5.39. The van der Waals surface area contributed by atoms with Crippen LogP contribution in [0.3, 0.4) is 0 Å². The Morgan fingerprint density at radius 3 is 2.50 bits per heavy atom. The van der Waals surface area contributed by atoms with E-state index < -0.39 is 0 Å². The van der Waals surface area contributed by atoms with Gasteiger partial charge in [0.1, 0.15) is 0 Å². The van der Waals surface area contributed by atoms with E-state index in [1.54, 1.807) is 0 Å². The molecular formula is C11H22N2O. The summed E-state index contributed by atoms with van der Waals surface area (Å²) in [6, 6.07) is 1.69. The van der Waals surface area contributed by atoms with Gasteiger partial charge in [0.25, 0.3) is 6.02 Å². The molecule has 14 heavy (non-hydrogen) atoms. The largest absolute Gasteiger partial charge is 0.466 e. The molecule has 1 heterocycles. The van der Waals surface area contributed by atoms with Gasteiger partial charge >= 0.3 is 0 Å². The van der Waals surface area contributed by atoms with Crippen molar-refractivity contribution in [2.45, 2.75) is 58.5 Å². The fourth-order valence-electron chi connectivity index (χ4n) is 1.89. The molecule has 1 aliphatic heterocycles. The highest BCUT2D eigenvalue weighted by Crippen LogP contribution is 2.17. The van der Waals surface area contributed by atoms with E-state index in [1.807, 2.05) is 6.92 Å². The van der Waals surface area contributed by atoms with Gasteiger partial charge in [0.2, 0.25) is 0 Å². The Morgan fingerprint density at radius 2 is 1.93 bits per heavy atom. The van der Waals surface area contributed by atoms with Gasteiger partial charge in [0, 0.05) is 0 Å². The molecule has 3 nitrogen and oxygen atoms in total. The van der Waals surface area contributed by atoms with Crippen LogP contribution in [0.25, 0.3) is 0 Å². The van der Waals surface area contributed by atoms with Crippen LogP contribution >= 0.6 is 0 Å². The van der Waals surface area contributed by atoms with E-state index >= 15 is 0 Å². The summed E-state index contributed by atoms with van der Waals surface area (Å²) >= 11 is 0. The van der Waals surface area contributed by atoms with E-state index in [4.69, 9.17) is 4.74 Å². The fourth-order valence-corrected chi connectivity index (χ4v) is 1.89. The minimum atomic E-state index is 0.432. The molecule has 0 aliphatic carbocycles. The maximum Gasteiger partial charge on any atom is 0.285 e. The number of nitrogens with zero attached hydrogens (tertiary/aromatic N) is 1. The van der Waals surface area contributed by atoms with Gasteiger partial charge in [-0.25, -0.2) is 4.99 Å². The summed E-state index contributed by atoms with van der Waals surface area (Å²) in [6.45, 7) is 7.11. The van der Waals surface area contributed by atoms with Crippen LogP contribution in [-0.2, 0) is 4.74 Å². The standard InChI is InChI=1S/C11H22N2O/c1-4-7-9-10(8-5-2)13-11(12-9)14-6-3/h9-10H,4-8H2,1-3H3,(H,12,13)/t9-,10-/m1/s1. The molecule has 0 saturated carbocycles. The highest BCUT2D eigenvalue weighted by atomic mass is 16.5. The normalized spacial score (nSPS) is 25.8. The van der Waals surface area contributed by atoms with Gasteiger partial charge in [-0.1, -0.05) is 26.7 Å². The third-order valence-corrected chi connectivity index (χ3v) is 2.52. The first-order valence-corrected chi connectivity index (χ1v) is 5.78. The number of amidine groups is 1. The molecule has 0 radical (unpaired) electrons. The van der Waals surface area contributed by atoms with Crippen LogP contribution in [0.1, 0.15) is 46.5 Å². The molecule has 82 valence electrons. The zero-order valence-corrected chi connectivity index (χ0v) is 9.55. The SMILES string of the molecule is CCC[C@H]1N=C(OCC)N[C@@H]1CCC. The molecule has 0 aromatic rings. The Balaban J connectivity index is 2.47. The van der Waals surface area contributed by atoms with Gasteiger partial charge in [-0.3, -0.25) is 0 Å². The second-order valence-corrected chi connectivity index (χ2v) is 3.76. The minimum Gasteiger partial charge on any atom is -0.466 e. The van der Waals surface area contributed by atoms with Crippen molar-refractivity contribution in [3.05, 3.63) is 0 Å². The van der Waals surface area contributed by atoms with Gasteiger partial charge < -0.3 is 10.1 Å². The second kappa shape index (κ2) is 5.89. The molecule has 2 atom stereocenters. The van der Waals surface area contributed by atoms with Crippen LogP contribution in [0.2, 0.25) is 0 Å². The van der Waals surface area contributed by atoms with Gasteiger partial charge in [0.05, 0.1) is 18.7 Å². The number of ether oxygens (including phenoxy) is 1. The lowest BCUT2D eigenvalue weighted by Crippen LogP contribution is -2.35. The smallest absolute Gasteiger partial charge is 0.285 e. The van der Waals surface area contributed by atoms with E-state index in [0.717, 1.165) is 12.4 Å². The van der Waals surface area contributed by atoms with E-state index in [1.165, 1.54) is 19.3 Å². The van der Waals surface area contributed by atoms with Crippen molar-refractivity contribution in [1.29, 1.82) is 0 Å². The fraction of sp³-hybridized carbons (Fsp3) is 0.909. The predicted molar refractivity (Wildman–Crippen MR) is 59.6 cm³/mol. The van der Waals surface area contributed by atoms with Crippen LogP contribution in [-0.4, -0.2) is 24.7 Å². The third kappa shape index (κ3) is 2.89. The lowest BCUT2D eigenvalue weighted by Gasteiger charge is -2.16. The third-order valence-electron chi connectivity index (χ3n) is 2.52. The predicted octanol–water partition coefficient (Wildman–Crippen LogP) is 2.32. The first-order chi connectivity index (χ1) is 6.81. The monoisotopic (exact) mass is 198 g/mol. The summed E-state index contributed by atoms with van der Waals surface area (Å²) in [5.74, 6) is 0.